The van der Waals surface area contributed by atoms with Crippen LogP contribution in [0.4, 0.5) is 0 Å². The molecule has 0 bridgehead atoms. The van der Waals surface area contributed by atoms with Gasteiger partial charge in [-0.1, -0.05) is 42.3 Å². The SMILES string of the molecule is Cc1c(Cl)nc(C2CC2)nc1-c1ccccc1C1CCC1. The van der Waals surface area contributed by atoms with Crippen molar-refractivity contribution >= 4 is 11.6 Å². The highest BCUT2D eigenvalue weighted by molar-refractivity contribution is 6.30. The summed E-state index contributed by atoms with van der Waals surface area (Å²) in [6.07, 6.45) is 6.33. The van der Waals surface area contributed by atoms with Gasteiger partial charge in [-0.3, -0.25) is 0 Å². The highest BCUT2D eigenvalue weighted by atomic mass is 35.5. The molecule has 2 aromatic rings. The molecule has 1 heterocycles. The second kappa shape index (κ2) is 5.10. The fourth-order valence-corrected chi connectivity index (χ4v) is 3.26. The molecule has 0 amide bonds. The minimum atomic E-state index is 0.526. The van der Waals surface area contributed by atoms with E-state index in [1.54, 1.807) is 0 Å². The van der Waals surface area contributed by atoms with Crippen molar-refractivity contribution < 1.29 is 0 Å². The Balaban J connectivity index is 1.86. The summed E-state index contributed by atoms with van der Waals surface area (Å²) in [5.74, 6) is 2.15. The Kier molecular flexibility index (Phi) is 3.22. The number of aromatic nitrogens is 2. The molecule has 2 fully saturated rings. The zero-order chi connectivity index (χ0) is 14.4. The molecule has 0 saturated heterocycles. The Morgan fingerprint density at radius 3 is 2.43 bits per heavy atom. The van der Waals surface area contributed by atoms with Gasteiger partial charge in [-0.2, -0.15) is 0 Å². The van der Waals surface area contributed by atoms with E-state index in [0.29, 0.717) is 17.0 Å². The number of hydrogen-bond donors (Lipinski definition) is 0. The van der Waals surface area contributed by atoms with Crippen molar-refractivity contribution in [2.45, 2.75) is 50.9 Å². The monoisotopic (exact) mass is 298 g/mol. The van der Waals surface area contributed by atoms with Crippen LogP contribution in [0.2, 0.25) is 5.15 Å². The first-order valence-electron chi connectivity index (χ1n) is 7.87. The lowest BCUT2D eigenvalue weighted by Crippen LogP contribution is -2.11. The molecule has 0 radical (unpaired) electrons. The van der Waals surface area contributed by atoms with Crippen molar-refractivity contribution in [2.75, 3.05) is 0 Å². The molecule has 108 valence electrons. The molecule has 2 saturated carbocycles. The molecule has 3 heteroatoms. The van der Waals surface area contributed by atoms with Crippen molar-refractivity contribution in [3.8, 4) is 11.3 Å². The molecule has 0 unspecified atom stereocenters. The Bertz CT molecular complexity index is 688. The van der Waals surface area contributed by atoms with Crippen LogP contribution in [0.25, 0.3) is 11.3 Å². The zero-order valence-electron chi connectivity index (χ0n) is 12.3. The molecule has 1 aromatic carbocycles. The standard InChI is InChI=1S/C18H19ClN2/c1-11-16(20-18(13-9-10-13)21-17(11)19)15-8-3-2-7-14(15)12-5-4-6-12/h2-3,7-8,12-13H,4-6,9-10H2,1H3. The lowest BCUT2D eigenvalue weighted by atomic mass is 9.77. The van der Waals surface area contributed by atoms with Gasteiger partial charge in [-0.15, -0.1) is 0 Å². The lowest BCUT2D eigenvalue weighted by molar-refractivity contribution is 0.420. The smallest absolute Gasteiger partial charge is 0.136 e. The first-order valence-corrected chi connectivity index (χ1v) is 8.25. The second-order valence-corrected chi connectivity index (χ2v) is 6.69. The van der Waals surface area contributed by atoms with E-state index in [2.05, 4.69) is 29.2 Å². The van der Waals surface area contributed by atoms with Gasteiger partial charge in [-0.25, -0.2) is 9.97 Å². The van der Waals surface area contributed by atoms with Crippen LogP contribution < -0.4 is 0 Å². The van der Waals surface area contributed by atoms with Crippen LogP contribution in [0.1, 0.15) is 60.9 Å². The Morgan fingerprint density at radius 1 is 1.00 bits per heavy atom. The third kappa shape index (κ3) is 2.36. The van der Waals surface area contributed by atoms with E-state index in [1.807, 2.05) is 6.92 Å². The number of nitrogens with zero attached hydrogens (tertiary/aromatic N) is 2. The second-order valence-electron chi connectivity index (χ2n) is 6.34. The largest absolute Gasteiger partial charge is 0.232 e. The Hall–Kier alpha value is -1.41. The topological polar surface area (TPSA) is 25.8 Å². The van der Waals surface area contributed by atoms with Gasteiger partial charge >= 0.3 is 0 Å². The summed E-state index contributed by atoms with van der Waals surface area (Å²) in [4.78, 5) is 9.36. The van der Waals surface area contributed by atoms with Gasteiger partial charge in [0.05, 0.1) is 5.69 Å². The van der Waals surface area contributed by atoms with E-state index in [-0.39, 0.29) is 0 Å². The fraction of sp³-hybridized carbons (Fsp3) is 0.444. The molecule has 0 spiro atoms. The maximum Gasteiger partial charge on any atom is 0.136 e. The minimum absolute atomic E-state index is 0.526. The maximum absolute atomic E-state index is 6.37. The maximum atomic E-state index is 6.37. The van der Waals surface area contributed by atoms with Gasteiger partial charge in [0.1, 0.15) is 11.0 Å². The molecule has 1 aromatic heterocycles. The third-order valence-electron chi connectivity index (χ3n) is 4.81. The molecule has 2 aliphatic carbocycles. The molecule has 2 aliphatic rings. The molecule has 0 atom stereocenters. The Morgan fingerprint density at radius 2 is 1.76 bits per heavy atom. The summed E-state index contributed by atoms with van der Waals surface area (Å²) in [6, 6.07) is 8.68. The summed E-state index contributed by atoms with van der Waals surface area (Å²) in [5, 5.41) is 0.616. The molecular weight excluding hydrogens is 280 g/mol. The van der Waals surface area contributed by atoms with Crippen molar-refractivity contribution in [3.05, 3.63) is 46.4 Å². The van der Waals surface area contributed by atoms with E-state index in [9.17, 15) is 0 Å². The van der Waals surface area contributed by atoms with Gasteiger partial charge in [0, 0.05) is 17.0 Å². The molecule has 0 aliphatic heterocycles. The number of hydrogen-bond acceptors (Lipinski definition) is 2. The van der Waals surface area contributed by atoms with Gasteiger partial charge in [-0.05, 0) is 44.1 Å². The van der Waals surface area contributed by atoms with E-state index in [4.69, 9.17) is 16.6 Å². The summed E-state index contributed by atoms with van der Waals surface area (Å²) in [6.45, 7) is 2.03. The van der Waals surface area contributed by atoms with E-state index < -0.39 is 0 Å². The number of rotatable bonds is 3. The predicted octanol–water partition coefficient (Wildman–Crippen LogP) is 5.25. The fourth-order valence-electron chi connectivity index (χ4n) is 3.08. The molecule has 0 N–H and O–H groups in total. The van der Waals surface area contributed by atoms with E-state index in [1.165, 1.54) is 43.2 Å². The van der Waals surface area contributed by atoms with Crippen LogP contribution in [-0.4, -0.2) is 9.97 Å². The highest BCUT2D eigenvalue weighted by Crippen LogP contribution is 2.43. The normalized spacial score (nSPS) is 18.6. The van der Waals surface area contributed by atoms with Crippen molar-refractivity contribution in [1.82, 2.24) is 9.97 Å². The highest BCUT2D eigenvalue weighted by Gasteiger charge is 2.29. The van der Waals surface area contributed by atoms with Crippen LogP contribution in [0, 0.1) is 6.92 Å². The number of halogens is 1. The van der Waals surface area contributed by atoms with Gasteiger partial charge in [0.2, 0.25) is 0 Å². The van der Waals surface area contributed by atoms with E-state index in [0.717, 1.165) is 17.1 Å². The van der Waals surface area contributed by atoms with Crippen LogP contribution >= 0.6 is 11.6 Å². The Labute approximate surface area is 130 Å². The zero-order valence-corrected chi connectivity index (χ0v) is 13.0. The molecule has 4 rings (SSSR count). The van der Waals surface area contributed by atoms with Gasteiger partial charge in [0.25, 0.3) is 0 Å². The van der Waals surface area contributed by atoms with E-state index >= 15 is 0 Å². The summed E-state index contributed by atoms with van der Waals surface area (Å²) < 4.78 is 0. The lowest BCUT2D eigenvalue weighted by Gasteiger charge is -2.28. The first-order chi connectivity index (χ1) is 10.2. The molecule has 21 heavy (non-hydrogen) atoms. The minimum Gasteiger partial charge on any atom is -0.232 e. The van der Waals surface area contributed by atoms with Crippen LogP contribution in [0.15, 0.2) is 24.3 Å². The average Bonchev–Trinajstić information content (AvgIpc) is 3.25. The average molecular weight is 299 g/mol. The number of benzene rings is 1. The predicted molar refractivity (Wildman–Crippen MR) is 85.8 cm³/mol. The third-order valence-corrected chi connectivity index (χ3v) is 5.18. The van der Waals surface area contributed by atoms with Crippen molar-refractivity contribution in [2.24, 2.45) is 0 Å². The summed E-state index contributed by atoms with van der Waals surface area (Å²) >= 11 is 6.37. The summed E-state index contributed by atoms with van der Waals surface area (Å²) in [5.41, 5.74) is 4.74. The summed E-state index contributed by atoms with van der Waals surface area (Å²) in [7, 11) is 0. The van der Waals surface area contributed by atoms with Crippen LogP contribution in [-0.2, 0) is 0 Å². The van der Waals surface area contributed by atoms with Crippen LogP contribution in [0.3, 0.4) is 0 Å². The quantitative estimate of drug-likeness (QED) is 0.723. The first kappa shape index (κ1) is 13.3. The van der Waals surface area contributed by atoms with Gasteiger partial charge in [0.15, 0.2) is 0 Å². The molecule has 2 nitrogen and oxygen atoms in total. The molecular formula is C18H19ClN2. The van der Waals surface area contributed by atoms with Crippen molar-refractivity contribution in [3.63, 3.8) is 0 Å². The van der Waals surface area contributed by atoms with Crippen LogP contribution in [0.5, 0.6) is 0 Å². The van der Waals surface area contributed by atoms with Crippen molar-refractivity contribution in [1.29, 1.82) is 0 Å². The van der Waals surface area contributed by atoms with Gasteiger partial charge < -0.3 is 0 Å².